The van der Waals surface area contributed by atoms with Crippen LogP contribution in [0.5, 0.6) is 0 Å². The molecule has 1 fully saturated rings. The molecule has 112 valence electrons. The first kappa shape index (κ1) is 15.2. The van der Waals surface area contributed by atoms with Crippen LogP contribution in [0.15, 0.2) is 23.2 Å². The van der Waals surface area contributed by atoms with E-state index in [1.54, 1.807) is 17.1 Å². The SMILES string of the molecule is CCCNc1ccc(S(=O)(=O)NN2CCOCC2)cn1. The number of aromatic nitrogens is 1. The van der Waals surface area contributed by atoms with Gasteiger partial charge in [0, 0.05) is 25.8 Å². The van der Waals surface area contributed by atoms with Gasteiger partial charge in [-0.3, -0.25) is 0 Å². The fourth-order valence-corrected chi connectivity index (χ4v) is 2.84. The van der Waals surface area contributed by atoms with Crippen LogP contribution in [0.2, 0.25) is 0 Å². The predicted octanol–water partition coefficient (Wildman–Crippen LogP) is 0.429. The third-order valence-corrected chi connectivity index (χ3v) is 4.22. The Bertz CT molecular complexity index is 512. The van der Waals surface area contributed by atoms with Crippen molar-refractivity contribution in [2.75, 3.05) is 38.2 Å². The molecule has 2 heterocycles. The maximum atomic E-state index is 12.2. The van der Waals surface area contributed by atoms with Crippen LogP contribution in [0.1, 0.15) is 13.3 Å². The molecule has 0 atom stereocenters. The van der Waals surface area contributed by atoms with E-state index in [9.17, 15) is 8.42 Å². The van der Waals surface area contributed by atoms with E-state index >= 15 is 0 Å². The van der Waals surface area contributed by atoms with Crippen molar-refractivity contribution in [1.29, 1.82) is 0 Å². The third kappa shape index (κ3) is 4.14. The molecule has 2 rings (SSSR count). The van der Waals surface area contributed by atoms with Crippen molar-refractivity contribution in [3.63, 3.8) is 0 Å². The Morgan fingerprint density at radius 2 is 2.10 bits per heavy atom. The lowest BCUT2D eigenvalue weighted by Gasteiger charge is -2.26. The van der Waals surface area contributed by atoms with Crippen LogP contribution in [-0.4, -0.2) is 51.3 Å². The summed E-state index contributed by atoms with van der Waals surface area (Å²) in [5.74, 6) is 0.678. The largest absolute Gasteiger partial charge is 0.379 e. The summed E-state index contributed by atoms with van der Waals surface area (Å²) in [7, 11) is -3.57. The number of hydrogen-bond acceptors (Lipinski definition) is 6. The number of pyridine rings is 1. The Morgan fingerprint density at radius 3 is 2.70 bits per heavy atom. The molecule has 7 nitrogen and oxygen atoms in total. The third-order valence-electron chi connectivity index (χ3n) is 2.86. The van der Waals surface area contributed by atoms with Gasteiger partial charge in [-0.15, -0.1) is 4.83 Å². The normalized spacial score (nSPS) is 17.1. The lowest BCUT2D eigenvalue weighted by molar-refractivity contribution is 0.0272. The molecule has 0 aliphatic carbocycles. The van der Waals surface area contributed by atoms with Crippen molar-refractivity contribution >= 4 is 15.8 Å². The number of hydrogen-bond donors (Lipinski definition) is 2. The van der Waals surface area contributed by atoms with Gasteiger partial charge in [0.15, 0.2) is 0 Å². The molecule has 0 radical (unpaired) electrons. The molecule has 0 spiro atoms. The molecule has 1 aliphatic heterocycles. The molecular weight excluding hydrogens is 280 g/mol. The molecule has 20 heavy (non-hydrogen) atoms. The zero-order chi connectivity index (χ0) is 14.4. The molecule has 0 aromatic carbocycles. The van der Waals surface area contributed by atoms with Gasteiger partial charge >= 0.3 is 0 Å². The molecule has 8 heteroatoms. The summed E-state index contributed by atoms with van der Waals surface area (Å²) in [5, 5.41) is 4.74. The number of hydrazine groups is 1. The molecule has 2 N–H and O–H groups in total. The monoisotopic (exact) mass is 300 g/mol. The number of anilines is 1. The molecule has 1 aromatic heterocycles. The quantitative estimate of drug-likeness (QED) is 0.792. The fraction of sp³-hybridized carbons (Fsp3) is 0.583. The van der Waals surface area contributed by atoms with E-state index in [1.165, 1.54) is 6.20 Å². The second-order valence-corrected chi connectivity index (χ2v) is 6.16. The van der Waals surface area contributed by atoms with Crippen LogP contribution in [-0.2, 0) is 14.8 Å². The Hall–Kier alpha value is -1.22. The maximum Gasteiger partial charge on any atom is 0.254 e. The van der Waals surface area contributed by atoms with E-state index in [4.69, 9.17) is 4.74 Å². The van der Waals surface area contributed by atoms with Gasteiger partial charge in [0.1, 0.15) is 10.7 Å². The summed E-state index contributed by atoms with van der Waals surface area (Å²) in [6.45, 7) is 5.01. The Kier molecular flexibility index (Phi) is 5.30. The summed E-state index contributed by atoms with van der Waals surface area (Å²) in [6.07, 6.45) is 2.35. The van der Waals surface area contributed by atoms with Crippen LogP contribution < -0.4 is 10.1 Å². The van der Waals surface area contributed by atoms with Crippen LogP contribution in [0.25, 0.3) is 0 Å². The molecule has 1 saturated heterocycles. The minimum absolute atomic E-state index is 0.158. The van der Waals surface area contributed by atoms with Gasteiger partial charge in [-0.2, -0.15) is 0 Å². The highest BCUT2D eigenvalue weighted by molar-refractivity contribution is 7.89. The zero-order valence-corrected chi connectivity index (χ0v) is 12.3. The number of ether oxygens (including phenoxy) is 1. The highest BCUT2D eigenvalue weighted by Crippen LogP contribution is 2.11. The summed E-state index contributed by atoms with van der Waals surface area (Å²) >= 11 is 0. The summed E-state index contributed by atoms with van der Waals surface area (Å²) in [5.41, 5.74) is 0. The molecular formula is C12H20N4O3S. The summed E-state index contributed by atoms with van der Waals surface area (Å²) in [6, 6.07) is 3.22. The minimum Gasteiger partial charge on any atom is -0.379 e. The van der Waals surface area contributed by atoms with E-state index in [2.05, 4.69) is 22.1 Å². The number of nitrogens with zero attached hydrogens (tertiary/aromatic N) is 2. The van der Waals surface area contributed by atoms with Crippen molar-refractivity contribution in [2.24, 2.45) is 0 Å². The molecule has 0 saturated carbocycles. The van der Waals surface area contributed by atoms with Crippen LogP contribution >= 0.6 is 0 Å². The first-order chi connectivity index (χ1) is 9.62. The van der Waals surface area contributed by atoms with E-state index < -0.39 is 10.0 Å². The van der Waals surface area contributed by atoms with Crippen LogP contribution in [0.3, 0.4) is 0 Å². The van der Waals surface area contributed by atoms with Crippen LogP contribution in [0.4, 0.5) is 5.82 Å². The summed E-state index contributed by atoms with van der Waals surface area (Å²) in [4.78, 5) is 6.80. The fourth-order valence-electron chi connectivity index (χ4n) is 1.77. The number of morpholine rings is 1. The molecule has 0 bridgehead atoms. The maximum absolute atomic E-state index is 12.2. The van der Waals surface area contributed by atoms with Crippen molar-refractivity contribution in [3.8, 4) is 0 Å². The molecule has 1 aliphatic rings. The topological polar surface area (TPSA) is 83.6 Å². The van der Waals surface area contributed by atoms with Gasteiger partial charge in [0.2, 0.25) is 0 Å². The van der Waals surface area contributed by atoms with Crippen molar-refractivity contribution in [2.45, 2.75) is 18.2 Å². The summed E-state index contributed by atoms with van der Waals surface area (Å²) < 4.78 is 29.5. The predicted molar refractivity (Wildman–Crippen MR) is 75.7 cm³/mol. The number of rotatable bonds is 6. The molecule has 1 aromatic rings. The first-order valence-electron chi connectivity index (χ1n) is 6.67. The second-order valence-electron chi connectivity index (χ2n) is 4.50. The van der Waals surface area contributed by atoms with E-state index in [0.717, 1.165) is 13.0 Å². The second kappa shape index (κ2) is 6.98. The van der Waals surface area contributed by atoms with Crippen LogP contribution in [0, 0.1) is 0 Å². The highest BCUT2D eigenvalue weighted by Gasteiger charge is 2.20. The Balaban J connectivity index is 2.01. The zero-order valence-electron chi connectivity index (χ0n) is 11.5. The van der Waals surface area contributed by atoms with E-state index in [1.807, 2.05) is 0 Å². The number of sulfonamides is 1. The Labute approximate surface area is 119 Å². The Morgan fingerprint density at radius 1 is 1.35 bits per heavy atom. The smallest absolute Gasteiger partial charge is 0.254 e. The average molecular weight is 300 g/mol. The molecule has 0 unspecified atom stereocenters. The minimum atomic E-state index is -3.57. The van der Waals surface area contributed by atoms with Gasteiger partial charge in [-0.25, -0.2) is 18.4 Å². The van der Waals surface area contributed by atoms with Gasteiger partial charge in [0.05, 0.1) is 13.2 Å². The standard InChI is InChI=1S/C12H20N4O3S/c1-2-5-13-12-4-3-11(10-14-12)20(17,18)15-16-6-8-19-9-7-16/h3-4,10,15H,2,5-9H2,1H3,(H,13,14). The number of nitrogens with one attached hydrogen (secondary N) is 2. The van der Waals surface area contributed by atoms with Crippen molar-refractivity contribution in [3.05, 3.63) is 18.3 Å². The van der Waals surface area contributed by atoms with Gasteiger partial charge in [0.25, 0.3) is 10.0 Å². The van der Waals surface area contributed by atoms with E-state index in [0.29, 0.717) is 32.1 Å². The molecule has 0 amide bonds. The van der Waals surface area contributed by atoms with E-state index in [-0.39, 0.29) is 4.90 Å². The van der Waals surface area contributed by atoms with Gasteiger partial charge < -0.3 is 10.1 Å². The average Bonchev–Trinajstić information content (AvgIpc) is 2.46. The van der Waals surface area contributed by atoms with Crippen molar-refractivity contribution in [1.82, 2.24) is 14.8 Å². The highest BCUT2D eigenvalue weighted by atomic mass is 32.2. The lowest BCUT2D eigenvalue weighted by atomic mass is 10.4. The first-order valence-corrected chi connectivity index (χ1v) is 8.15. The van der Waals surface area contributed by atoms with Gasteiger partial charge in [-0.05, 0) is 18.6 Å². The lowest BCUT2D eigenvalue weighted by Crippen LogP contribution is -2.48. The van der Waals surface area contributed by atoms with Crippen molar-refractivity contribution < 1.29 is 13.2 Å². The van der Waals surface area contributed by atoms with Gasteiger partial charge in [-0.1, -0.05) is 6.92 Å².